The highest BCUT2D eigenvalue weighted by molar-refractivity contribution is 5.99. The van der Waals surface area contributed by atoms with Crippen molar-refractivity contribution in [1.29, 1.82) is 0 Å². The maximum Gasteiger partial charge on any atom is 0.337 e. The SMILES string of the molecule is C=C1CCC2[C@](C)(CCC(=O)[C@@]2(C)C=O)[C@@H]1CC=C1C(=O)OC[C@H]1OC(C)=O. The zero-order valence-corrected chi connectivity index (χ0v) is 16.8. The van der Waals surface area contributed by atoms with Gasteiger partial charge in [-0.1, -0.05) is 25.2 Å². The van der Waals surface area contributed by atoms with Gasteiger partial charge >= 0.3 is 11.9 Å². The molecule has 1 unspecified atom stereocenters. The number of carbonyl (C=O) groups excluding carboxylic acids is 4. The zero-order chi connectivity index (χ0) is 20.7. The molecule has 152 valence electrons. The van der Waals surface area contributed by atoms with Crippen molar-refractivity contribution in [2.45, 2.75) is 59.0 Å². The Morgan fingerprint density at radius 2 is 2.04 bits per heavy atom. The van der Waals surface area contributed by atoms with Crippen molar-refractivity contribution in [2.24, 2.45) is 22.7 Å². The first kappa shape index (κ1) is 20.5. The van der Waals surface area contributed by atoms with Gasteiger partial charge in [-0.25, -0.2) is 4.79 Å². The molecule has 0 amide bonds. The van der Waals surface area contributed by atoms with Gasteiger partial charge in [0.15, 0.2) is 6.10 Å². The van der Waals surface area contributed by atoms with Crippen molar-refractivity contribution in [3.05, 3.63) is 23.8 Å². The van der Waals surface area contributed by atoms with Gasteiger partial charge in [0.25, 0.3) is 0 Å². The van der Waals surface area contributed by atoms with Gasteiger partial charge in [-0.05, 0) is 49.9 Å². The fraction of sp³-hybridized carbons (Fsp3) is 0.636. The Labute approximate surface area is 165 Å². The fourth-order valence-corrected chi connectivity index (χ4v) is 5.52. The number of allylic oxidation sites excluding steroid dienone is 2. The number of rotatable bonds is 4. The number of fused-ring (bicyclic) bond motifs is 1. The quantitative estimate of drug-likeness (QED) is 0.242. The smallest absolute Gasteiger partial charge is 0.337 e. The first-order valence-corrected chi connectivity index (χ1v) is 9.85. The summed E-state index contributed by atoms with van der Waals surface area (Å²) >= 11 is 0. The van der Waals surface area contributed by atoms with E-state index in [4.69, 9.17) is 9.47 Å². The van der Waals surface area contributed by atoms with Gasteiger partial charge in [0.05, 0.1) is 11.0 Å². The summed E-state index contributed by atoms with van der Waals surface area (Å²) in [6, 6.07) is 0. The van der Waals surface area contributed by atoms with Gasteiger partial charge in [-0.15, -0.1) is 0 Å². The third-order valence-electron chi connectivity index (χ3n) is 7.13. The second-order valence-corrected chi connectivity index (χ2v) is 8.72. The minimum atomic E-state index is -0.967. The molecular formula is C22H28O6. The number of esters is 2. The maximum absolute atomic E-state index is 12.5. The van der Waals surface area contributed by atoms with E-state index in [1.165, 1.54) is 6.92 Å². The third-order valence-corrected chi connectivity index (χ3v) is 7.13. The minimum absolute atomic E-state index is 0.0175. The molecule has 1 aliphatic heterocycles. The van der Waals surface area contributed by atoms with E-state index in [-0.39, 0.29) is 29.6 Å². The van der Waals surface area contributed by atoms with E-state index >= 15 is 0 Å². The number of aldehydes is 1. The lowest BCUT2D eigenvalue weighted by Crippen LogP contribution is -2.55. The Bertz CT molecular complexity index is 765. The molecule has 28 heavy (non-hydrogen) atoms. The highest BCUT2D eigenvalue weighted by Crippen LogP contribution is 2.60. The lowest BCUT2D eigenvalue weighted by Gasteiger charge is -2.56. The van der Waals surface area contributed by atoms with E-state index < -0.39 is 23.5 Å². The molecule has 0 spiro atoms. The Morgan fingerprint density at radius 3 is 2.68 bits per heavy atom. The minimum Gasteiger partial charge on any atom is -0.458 e. The van der Waals surface area contributed by atoms with Crippen LogP contribution in [0.15, 0.2) is 23.8 Å². The molecule has 0 bridgehead atoms. The monoisotopic (exact) mass is 388 g/mol. The molecule has 0 aromatic rings. The molecule has 3 fully saturated rings. The number of hydrogen-bond acceptors (Lipinski definition) is 6. The van der Waals surface area contributed by atoms with Crippen LogP contribution in [0.2, 0.25) is 0 Å². The largest absolute Gasteiger partial charge is 0.458 e. The third kappa shape index (κ3) is 3.23. The number of ether oxygens (including phenoxy) is 2. The molecule has 0 aromatic heterocycles. The predicted octanol–water partition coefficient (Wildman–Crippen LogP) is 2.95. The van der Waals surface area contributed by atoms with Crippen LogP contribution in [0.1, 0.15) is 52.9 Å². The molecule has 5 atom stereocenters. The fourth-order valence-electron chi connectivity index (χ4n) is 5.52. The molecule has 6 nitrogen and oxygen atoms in total. The van der Waals surface area contributed by atoms with E-state index in [0.29, 0.717) is 24.8 Å². The Balaban J connectivity index is 1.89. The van der Waals surface area contributed by atoms with Gasteiger partial charge in [-0.3, -0.25) is 9.59 Å². The number of cyclic esters (lactones) is 1. The van der Waals surface area contributed by atoms with Crippen LogP contribution >= 0.6 is 0 Å². The Hall–Kier alpha value is -2.24. The van der Waals surface area contributed by atoms with Crippen LogP contribution in [0, 0.1) is 22.7 Å². The normalized spacial score (nSPS) is 39.5. The van der Waals surface area contributed by atoms with Crippen molar-refractivity contribution >= 4 is 24.0 Å². The molecule has 3 aliphatic rings. The average molecular weight is 388 g/mol. The summed E-state index contributed by atoms with van der Waals surface area (Å²) in [5.74, 6) is -0.921. The second-order valence-electron chi connectivity index (χ2n) is 8.72. The summed E-state index contributed by atoms with van der Waals surface area (Å²) in [5, 5.41) is 0. The van der Waals surface area contributed by atoms with Gasteiger partial charge in [-0.2, -0.15) is 0 Å². The molecular weight excluding hydrogens is 360 g/mol. The highest BCUT2D eigenvalue weighted by atomic mass is 16.6. The van der Waals surface area contributed by atoms with E-state index in [1.54, 1.807) is 13.0 Å². The number of Topliss-reactive ketones (excluding diaryl/α,β-unsaturated/α-hetero) is 1. The second kappa shape index (κ2) is 7.30. The van der Waals surface area contributed by atoms with Crippen LogP contribution in [-0.4, -0.2) is 36.7 Å². The van der Waals surface area contributed by atoms with Crippen LogP contribution < -0.4 is 0 Å². The predicted molar refractivity (Wildman–Crippen MR) is 101 cm³/mol. The first-order valence-electron chi connectivity index (χ1n) is 9.85. The van der Waals surface area contributed by atoms with Crippen LogP contribution in [0.25, 0.3) is 0 Å². The molecule has 6 heteroatoms. The van der Waals surface area contributed by atoms with Gasteiger partial charge in [0, 0.05) is 13.3 Å². The van der Waals surface area contributed by atoms with Crippen LogP contribution in [0.3, 0.4) is 0 Å². The molecule has 2 saturated carbocycles. The molecule has 0 aromatic carbocycles. The number of ketones is 1. The van der Waals surface area contributed by atoms with Crippen molar-refractivity contribution in [2.75, 3.05) is 6.61 Å². The summed E-state index contributed by atoms with van der Waals surface area (Å²) in [6.45, 7) is 9.48. The van der Waals surface area contributed by atoms with Gasteiger partial charge in [0.2, 0.25) is 0 Å². The molecule has 3 rings (SSSR count). The van der Waals surface area contributed by atoms with E-state index in [2.05, 4.69) is 13.5 Å². The lowest BCUT2D eigenvalue weighted by molar-refractivity contribution is -0.151. The molecule has 0 radical (unpaired) electrons. The number of carbonyl (C=O) groups is 4. The lowest BCUT2D eigenvalue weighted by atomic mass is 9.46. The van der Waals surface area contributed by atoms with Crippen LogP contribution in [0.5, 0.6) is 0 Å². The Morgan fingerprint density at radius 1 is 1.32 bits per heavy atom. The van der Waals surface area contributed by atoms with E-state index in [9.17, 15) is 19.2 Å². The van der Waals surface area contributed by atoms with E-state index in [0.717, 1.165) is 24.7 Å². The molecule has 2 aliphatic carbocycles. The van der Waals surface area contributed by atoms with Crippen molar-refractivity contribution in [1.82, 2.24) is 0 Å². The van der Waals surface area contributed by atoms with Crippen molar-refractivity contribution in [3.63, 3.8) is 0 Å². The van der Waals surface area contributed by atoms with Crippen LogP contribution in [-0.2, 0) is 28.7 Å². The van der Waals surface area contributed by atoms with E-state index in [1.807, 2.05) is 0 Å². The first-order chi connectivity index (χ1) is 13.1. The molecule has 0 N–H and O–H groups in total. The van der Waals surface area contributed by atoms with Gasteiger partial charge < -0.3 is 14.3 Å². The topological polar surface area (TPSA) is 86.7 Å². The average Bonchev–Trinajstić information content (AvgIpc) is 2.97. The summed E-state index contributed by atoms with van der Waals surface area (Å²) in [7, 11) is 0. The standard InChI is InChI=1S/C22H28O6/c1-13-5-8-18-21(3,10-9-19(25)22(18,4)12-23)16(13)7-6-15-17(28-14(2)24)11-27-20(15)26/h6,12,16-18H,1,5,7-11H2,2-4H3/t16-,17-,18?,21-,22+/m1/s1. The van der Waals surface area contributed by atoms with Crippen molar-refractivity contribution in [3.8, 4) is 0 Å². The summed E-state index contributed by atoms with van der Waals surface area (Å²) in [6.07, 6.45) is 5.07. The van der Waals surface area contributed by atoms with Crippen LogP contribution in [0.4, 0.5) is 0 Å². The summed E-state index contributed by atoms with van der Waals surface area (Å²) in [5.41, 5.74) is 0.216. The summed E-state index contributed by atoms with van der Waals surface area (Å²) < 4.78 is 10.2. The highest BCUT2D eigenvalue weighted by Gasteiger charge is 2.57. The zero-order valence-electron chi connectivity index (χ0n) is 16.8. The number of hydrogen-bond donors (Lipinski definition) is 0. The molecule has 1 heterocycles. The summed E-state index contributed by atoms with van der Waals surface area (Å²) in [4.78, 5) is 47.7. The van der Waals surface area contributed by atoms with Gasteiger partial charge in [0.1, 0.15) is 18.7 Å². The molecule has 1 saturated heterocycles. The maximum atomic E-state index is 12.5. The Kier molecular flexibility index (Phi) is 5.34. The van der Waals surface area contributed by atoms with Crippen molar-refractivity contribution < 1.29 is 28.7 Å².